The summed E-state index contributed by atoms with van der Waals surface area (Å²) in [6.45, 7) is 12.2. The fourth-order valence-electron chi connectivity index (χ4n) is 3.97. The molecular formula is C25H38ClNO. The Labute approximate surface area is 178 Å². The number of ether oxygens (including phenoxy) is 1. The van der Waals surface area contributed by atoms with E-state index in [2.05, 4.69) is 65.1 Å². The van der Waals surface area contributed by atoms with Crippen LogP contribution < -0.4 is 17.1 Å². The molecule has 0 bridgehead atoms. The molecule has 3 heteroatoms. The summed E-state index contributed by atoms with van der Waals surface area (Å²) in [7, 11) is 2.43. The topological polar surface area (TPSA) is 9.23 Å². The second-order valence-corrected chi connectivity index (χ2v) is 8.92. The molecule has 1 unspecified atom stereocenters. The quantitative estimate of drug-likeness (QED) is 0.523. The average molecular weight is 404 g/mol. The van der Waals surface area contributed by atoms with Crippen LogP contribution in [0.1, 0.15) is 46.1 Å². The van der Waals surface area contributed by atoms with Crippen molar-refractivity contribution in [1.29, 1.82) is 0 Å². The van der Waals surface area contributed by atoms with Crippen LogP contribution in [0.25, 0.3) is 0 Å². The van der Waals surface area contributed by atoms with E-state index in [1.807, 2.05) is 30.3 Å². The van der Waals surface area contributed by atoms with Gasteiger partial charge in [0.25, 0.3) is 0 Å². The van der Waals surface area contributed by atoms with Crippen LogP contribution in [-0.4, -0.2) is 30.7 Å². The van der Waals surface area contributed by atoms with Crippen molar-refractivity contribution in [3.8, 4) is 5.75 Å². The number of benzene rings is 2. The molecule has 0 amide bonds. The van der Waals surface area contributed by atoms with E-state index in [9.17, 15) is 0 Å². The van der Waals surface area contributed by atoms with Crippen LogP contribution in [0, 0.1) is 11.8 Å². The molecule has 0 saturated carbocycles. The fourth-order valence-corrected chi connectivity index (χ4v) is 3.97. The Morgan fingerprint density at radius 1 is 0.786 bits per heavy atom. The minimum atomic E-state index is 0. The van der Waals surface area contributed by atoms with E-state index >= 15 is 0 Å². The molecule has 2 aromatic rings. The Hall–Kier alpha value is -1.51. The van der Waals surface area contributed by atoms with Gasteiger partial charge in [-0.2, -0.15) is 0 Å². The number of para-hydroxylation sites is 1. The molecule has 0 saturated heterocycles. The molecule has 0 aliphatic rings. The first-order valence-electron chi connectivity index (χ1n) is 10.4. The molecule has 2 aromatic carbocycles. The fraction of sp³-hybridized carbons (Fsp3) is 0.520. The molecular weight excluding hydrogens is 366 g/mol. The Balaban J connectivity index is 0.00000392. The Kier molecular flexibility index (Phi) is 10.6. The SMILES string of the molecule is CC(C)CC(CC(C)C)[N+](C)(CCOc1ccccc1)Cc1ccccc1.[Cl-]. The van der Waals surface area contributed by atoms with E-state index in [4.69, 9.17) is 4.74 Å². The first kappa shape index (κ1) is 24.5. The minimum Gasteiger partial charge on any atom is -1.00 e. The van der Waals surface area contributed by atoms with Crippen LogP contribution in [0.2, 0.25) is 0 Å². The van der Waals surface area contributed by atoms with E-state index in [1.54, 1.807) is 0 Å². The number of nitrogens with zero attached hydrogens (tertiary/aromatic N) is 1. The maximum atomic E-state index is 6.08. The van der Waals surface area contributed by atoms with Gasteiger partial charge in [0, 0.05) is 18.4 Å². The molecule has 2 rings (SSSR count). The molecule has 0 radical (unpaired) electrons. The zero-order valence-corrected chi connectivity index (χ0v) is 19.0. The van der Waals surface area contributed by atoms with Gasteiger partial charge in [-0.3, -0.25) is 0 Å². The number of rotatable bonds is 11. The van der Waals surface area contributed by atoms with Gasteiger partial charge in [-0.15, -0.1) is 0 Å². The second kappa shape index (κ2) is 12.1. The zero-order chi connectivity index (χ0) is 19.7. The van der Waals surface area contributed by atoms with Crippen LogP contribution in [0.5, 0.6) is 5.75 Å². The smallest absolute Gasteiger partial charge is 0.137 e. The third kappa shape index (κ3) is 8.24. The lowest BCUT2D eigenvalue weighted by Gasteiger charge is -2.43. The predicted octanol–water partition coefficient (Wildman–Crippen LogP) is 3.18. The first-order chi connectivity index (χ1) is 12.9. The second-order valence-electron chi connectivity index (χ2n) is 8.92. The molecule has 0 spiro atoms. The summed E-state index contributed by atoms with van der Waals surface area (Å²) < 4.78 is 7.12. The highest BCUT2D eigenvalue weighted by molar-refractivity contribution is 5.20. The standard InChI is InChI=1S/C25H38NO.ClH/c1-21(2)18-24(19-22(3)4)26(5,20-23-12-8-6-9-13-23)16-17-27-25-14-10-7-11-15-25;/h6-15,21-22,24H,16-20H2,1-5H3;1H/q+1;/p-1. The maximum absolute atomic E-state index is 6.08. The van der Waals surface area contributed by atoms with E-state index in [0.29, 0.717) is 17.9 Å². The number of likely N-dealkylation sites (N-methyl/N-ethyl adjacent to an activating group) is 1. The summed E-state index contributed by atoms with van der Waals surface area (Å²) in [5.41, 5.74) is 1.41. The van der Waals surface area contributed by atoms with Gasteiger partial charge in [0.15, 0.2) is 0 Å². The third-order valence-corrected chi connectivity index (χ3v) is 5.37. The molecule has 0 heterocycles. The van der Waals surface area contributed by atoms with Crippen LogP contribution in [-0.2, 0) is 6.54 Å². The molecule has 0 aliphatic heterocycles. The molecule has 1 atom stereocenters. The molecule has 0 fully saturated rings. The lowest BCUT2D eigenvalue weighted by Crippen LogP contribution is -3.00. The van der Waals surface area contributed by atoms with Gasteiger partial charge in [0.05, 0.1) is 13.1 Å². The molecule has 156 valence electrons. The third-order valence-electron chi connectivity index (χ3n) is 5.37. The summed E-state index contributed by atoms with van der Waals surface area (Å²) in [5.74, 6) is 2.38. The van der Waals surface area contributed by atoms with Gasteiger partial charge in [-0.25, -0.2) is 0 Å². The van der Waals surface area contributed by atoms with Gasteiger partial charge in [-0.05, 0) is 24.0 Å². The number of hydrogen-bond donors (Lipinski definition) is 0. The normalized spacial score (nSPS) is 13.4. The Bertz CT molecular complexity index is 634. The molecule has 0 N–H and O–H groups in total. The monoisotopic (exact) mass is 403 g/mol. The lowest BCUT2D eigenvalue weighted by molar-refractivity contribution is -0.947. The zero-order valence-electron chi connectivity index (χ0n) is 18.3. The van der Waals surface area contributed by atoms with E-state index in [-0.39, 0.29) is 12.4 Å². The summed E-state index contributed by atoms with van der Waals surface area (Å²) in [6.07, 6.45) is 2.51. The highest BCUT2D eigenvalue weighted by Crippen LogP contribution is 2.27. The first-order valence-corrected chi connectivity index (χ1v) is 10.4. The highest BCUT2D eigenvalue weighted by Gasteiger charge is 2.34. The highest BCUT2D eigenvalue weighted by atomic mass is 35.5. The molecule has 0 aliphatic carbocycles. The lowest BCUT2D eigenvalue weighted by atomic mass is 9.92. The molecule has 0 aromatic heterocycles. The summed E-state index contributed by atoms with van der Waals surface area (Å²) in [4.78, 5) is 0. The largest absolute Gasteiger partial charge is 1.00 e. The van der Waals surface area contributed by atoms with Crippen LogP contribution in [0.4, 0.5) is 0 Å². The number of hydrogen-bond acceptors (Lipinski definition) is 1. The molecule has 2 nitrogen and oxygen atoms in total. The summed E-state index contributed by atoms with van der Waals surface area (Å²) >= 11 is 0. The molecule has 28 heavy (non-hydrogen) atoms. The van der Waals surface area contributed by atoms with Crippen molar-refractivity contribution in [2.24, 2.45) is 11.8 Å². The average Bonchev–Trinajstić information content (AvgIpc) is 2.62. The van der Waals surface area contributed by atoms with Crippen molar-refractivity contribution in [3.05, 3.63) is 66.2 Å². The minimum absolute atomic E-state index is 0. The Morgan fingerprint density at radius 3 is 1.79 bits per heavy atom. The van der Waals surface area contributed by atoms with Crippen LogP contribution >= 0.6 is 0 Å². The van der Waals surface area contributed by atoms with Crippen molar-refractivity contribution >= 4 is 0 Å². The van der Waals surface area contributed by atoms with Crippen molar-refractivity contribution in [2.75, 3.05) is 20.2 Å². The number of halogens is 1. The van der Waals surface area contributed by atoms with Gasteiger partial charge in [-0.1, -0.05) is 76.2 Å². The Morgan fingerprint density at radius 2 is 1.29 bits per heavy atom. The maximum Gasteiger partial charge on any atom is 0.137 e. The van der Waals surface area contributed by atoms with Crippen LogP contribution in [0.3, 0.4) is 0 Å². The number of quaternary nitrogens is 1. The van der Waals surface area contributed by atoms with Gasteiger partial charge >= 0.3 is 0 Å². The summed E-state index contributed by atoms with van der Waals surface area (Å²) in [6, 6.07) is 21.8. The van der Waals surface area contributed by atoms with E-state index < -0.39 is 0 Å². The summed E-state index contributed by atoms with van der Waals surface area (Å²) in [5, 5.41) is 0. The van der Waals surface area contributed by atoms with E-state index in [1.165, 1.54) is 18.4 Å². The van der Waals surface area contributed by atoms with Crippen molar-refractivity contribution < 1.29 is 21.6 Å². The van der Waals surface area contributed by atoms with Gasteiger partial charge < -0.3 is 21.6 Å². The van der Waals surface area contributed by atoms with Gasteiger partial charge in [0.1, 0.15) is 25.4 Å². The van der Waals surface area contributed by atoms with Crippen molar-refractivity contribution in [1.82, 2.24) is 0 Å². The van der Waals surface area contributed by atoms with Crippen molar-refractivity contribution in [2.45, 2.75) is 53.1 Å². The predicted molar refractivity (Wildman–Crippen MR) is 116 cm³/mol. The van der Waals surface area contributed by atoms with Crippen molar-refractivity contribution in [3.63, 3.8) is 0 Å². The van der Waals surface area contributed by atoms with Gasteiger partial charge in [0.2, 0.25) is 0 Å². The van der Waals surface area contributed by atoms with E-state index in [0.717, 1.165) is 29.9 Å². The van der Waals surface area contributed by atoms with Crippen LogP contribution in [0.15, 0.2) is 60.7 Å².